The summed E-state index contributed by atoms with van der Waals surface area (Å²) >= 11 is 0. The van der Waals surface area contributed by atoms with E-state index in [0.29, 0.717) is 23.9 Å². The maximum atomic E-state index is 12.9. The first-order valence-electron chi connectivity index (χ1n) is 22.3. The number of nitrogens with zero attached hydrogens (tertiary/aromatic N) is 1. The molecule has 318 valence electrons. The third-order valence-electron chi connectivity index (χ3n) is 9.89. The number of allylic oxidation sites excluding steroid dienone is 6. The van der Waals surface area contributed by atoms with Gasteiger partial charge < -0.3 is 28.8 Å². The molecule has 0 aliphatic rings. The summed E-state index contributed by atoms with van der Waals surface area (Å²) in [4.78, 5) is 25.3. The Bertz CT molecular complexity index is 980. The van der Waals surface area contributed by atoms with Crippen LogP contribution in [-0.2, 0) is 18.4 Å². The van der Waals surface area contributed by atoms with Gasteiger partial charge in [0.25, 0.3) is 7.82 Å². The van der Waals surface area contributed by atoms with E-state index in [1.54, 1.807) is 0 Å². The number of amides is 1. The minimum atomic E-state index is -4.57. The Labute approximate surface area is 334 Å². The molecule has 0 spiro atoms. The molecule has 0 heterocycles. The number of carbonyl (C=O) groups is 1. The minimum absolute atomic E-state index is 0.00788. The second-order valence-electron chi connectivity index (χ2n) is 16.4. The largest absolute Gasteiger partial charge is 0.756 e. The van der Waals surface area contributed by atoms with Gasteiger partial charge in [0.15, 0.2) is 0 Å². The number of likely N-dealkylation sites (N-methyl/N-ethyl adjacent to an activating group) is 1. The van der Waals surface area contributed by atoms with Crippen molar-refractivity contribution in [3.63, 3.8) is 0 Å². The van der Waals surface area contributed by atoms with Crippen LogP contribution in [0.25, 0.3) is 0 Å². The van der Waals surface area contributed by atoms with Crippen molar-refractivity contribution in [3.8, 4) is 0 Å². The molecule has 1 amide bonds. The van der Waals surface area contributed by atoms with Crippen LogP contribution in [0.1, 0.15) is 194 Å². The van der Waals surface area contributed by atoms with Crippen molar-refractivity contribution in [1.29, 1.82) is 0 Å². The van der Waals surface area contributed by atoms with Crippen molar-refractivity contribution in [2.24, 2.45) is 0 Å². The van der Waals surface area contributed by atoms with Crippen LogP contribution in [0.5, 0.6) is 0 Å². The van der Waals surface area contributed by atoms with Crippen LogP contribution in [0, 0.1) is 0 Å². The Morgan fingerprint density at radius 1 is 0.667 bits per heavy atom. The summed E-state index contributed by atoms with van der Waals surface area (Å²) in [5.41, 5.74) is 0. The fraction of sp³-hybridized carbons (Fsp3) is 0.844. The van der Waals surface area contributed by atoms with E-state index in [4.69, 9.17) is 9.05 Å². The molecule has 0 fully saturated rings. The van der Waals surface area contributed by atoms with Crippen LogP contribution < -0.4 is 10.2 Å². The first-order chi connectivity index (χ1) is 26.0. The first-order valence-corrected chi connectivity index (χ1v) is 23.8. The smallest absolute Gasteiger partial charge is 0.268 e. The lowest BCUT2D eigenvalue weighted by molar-refractivity contribution is -0.870. The normalized spacial score (nSPS) is 14.7. The molecule has 0 bridgehead atoms. The van der Waals surface area contributed by atoms with E-state index in [1.165, 1.54) is 89.9 Å². The van der Waals surface area contributed by atoms with Gasteiger partial charge in [0, 0.05) is 6.42 Å². The molecule has 0 radical (unpaired) electrons. The van der Waals surface area contributed by atoms with Gasteiger partial charge in [-0.1, -0.05) is 179 Å². The van der Waals surface area contributed by atoms with Crippen molar-refractivity contribution in [2.75, 3.05) is 40.9 Å². The number of hydrogen-bond acceptors (Lipinski definition) is 6. The van der Waals surface area contributed by atoms with Crippen LogP contribution in [0.3, 0.4) is 0 Å². The quantitative estimate of drug-likeness (QED) is 0.0277. The maximum absolute atomic E-state index is 12.9. The van der Waals surface area contributed by atoms with Gasteiger partial charge in [-0.15, -0.1) is 0 Å². The van der Waals surface area contributed by atoms with Crippen LogP contribution in [0.15, 0.2) is 36.5 Å². The summed E-state index contributed by atoms with van der Waals surface area (Å²) in [5.74, 6) is -0.182. The average Bonchev–Trinajstić information content (AvgIpc) is 3.12. The summed E-state index contributed by atoms with van der Waals surface area (Å²) in [7, 11) is 1.29. The standard InChI is InChI=1S/C45H87N2O6P/c1-6-8-10-12-14-16-18-20-22-23-25-26-28-30-32-34-36-38-44(48)43(42-53-54(50,51)52-41-40-47(3,4)5)46-45(49)39-37-35-33-31-29-27-24-21-19-17-15-13-11-9-7-2/h9,11,15,17,21,24,43-44,48H,6-8,10,12-14,16,18-20,22-23,25-42H2,1-5H3,(H-,46,49,50,51)/b11-9-,17-15-,24-21-. The third-order valence-corrected chi connectivity index (χ3v) is 10.9. The number of phosphoric ester groups is 1. The highest BCUT2D eigenvalue weighted by Crippen LogP contribution is 2.38. The second kappa shape index (κ2) is 37.3. The van der Waals surface area contributed by atoms with Crippen molar-refractivity contribution < 1.29 is 32.9 Å². The van der Waals surface area contributed by atoms with Crippen molar-refractivity contribution >= 4 is 13.7 Å². The highest BCUT2D eigenvalue weighted by molar-refractivity contribution is 7.45. The van der Waals surface area contributed by atoms with E-state index in [0.717, 1.165) is 77.0 Å². The molecular formula is C45H87N2O6P. The Kier molecular flexibility index (Phi) is 36.4. The Morgan fingerprint density at radius 2 is 1.13 bits per heavy atom. The molecule has 0 aliphatic heterocycles. The number of aliphatic hydroxyl groups is 1. The van der Waals surface area contributed by atoms with Crippen LogP contribution in [0.2, 0.25) is 0 Å². The first kappa shape index (κ1) is 52.7. The number of carbonyl (C=O) groups excluding carboxylic acids is 1. The van der Waals surface area contributed by atoms with Gasteiger partial charge in [-0.3, -0.25) is 9.36 Å². The fourth-order valence-electron chi connectivity index (χ4n) is 6.35. The van der Waals surface area contributed by atoms with E-state index in [-0.39, 0.29) is 19.1 Å². The topological polar surface area (TPSA) is 108 Å². The second-order valence-corrected chi connectivity index (χ2v) is 17.8. The molecule has 54 heavy (non-hydrogen) atoms. The molecule has 0 saturated carbocycles. The maximum Gasteiger partial charge on any atom is 0.268 e. The lowest BCUT2D eigenvalue weighted by Gasteiger charge is -2.30. The van der Waals surface area contributed by atoms with Gasteiger partial charge in [-0.25, -0.2) is 0 Å². The molecule has 0 saturated heterocycles. The number of rotatable bonds is 40. The number of nitrogens with one attached hydrogen (secondary N) is 1. The zero-order chi connectivity index (χ0) is 40.0. The number of unbranched alkanes of at least 4 members (excludes halogenated alkanes) is 21. The van der Waals surface area contributed by atoms with E-state index >= 15 is 0 Å². The van der Waals surface area contributed by atoms with E-state index in [2.05, 4.69) is 55.6 Å². The molecule has 0 rings (SSSR count). The van der Waals surface area contributed by atoms with E-state index in [1.807, 2.05) is 21.1 Å². The molecule has 3 unspecified atom stereocenters. The van der Waals surface area contributed by atoms with Crippen LogP contribution >= 0.6 is 7.82 Å². The van der Waals surface area contributed by atoms with Gasteiger partial charge in [-0.05, 0) is 44.9 Å². The SMILES string of the molecule is CC/C=C\C/C=C\C/C=C\CCCCCCCC(=O)NC(COP(=O)([O-])OCC[N+](C)(C)C)C(O)CCCCCCCCCCCCCCCCCCC. The summed E-state index contributed by atoms with van der Waals surface area (Å²) in [5, 5.41) is 13.9. The minimum Gasteiger partial charge on any atom is -0.756 e. The molecule has 2 N–H and O–H groups in total. The van der Waals surface area contributed by atoms with Gasteiger partial charge in [0.1, 0.15) is 13.2 Å². The van der Waals surface area contributed by atoms with Gasteiger partial charge in [0.2, 0.25) is 5.91 Å². The monoisotopic (exact) mass is 783 g/mol. The Morgan fingerprint density at radius 3 is 1.65 bits per heavy atom. The zero-order valence-corrected chi connectivity index (χ0v) is 36.8. The number of aliphatic hydroxyl groups excluding tert-OH is 1. The van der Waals surface area contributed by atoms with E-state index < -0.39 is 20.0 Å². The predicted molar refractivity (Wildman–Crippen MR) is 228 cm³/mol. The molecule has 0 aromatic rings. The molecule has 3 atom stereocenters. The highest BCUT2D eigenvalue weighted by Gasteiger charge is 2.24. The summed E-state index contributed by atoms with van der Waals surface area (Å²) in [6.45, 7) is 4.59. The third kappa shape index (κ3) is 39.0. The molecule has 0 aromatic carbocycles. The summed E-state index contributed by atoms with van der Waals surface area (Å²) in [6, 6.07) is -0.808. The lowest BCUT2D eigenvalue weighted by Crippen LogP contribution is -2.46. The van der Waals surface area contributed by atoms with Crippen molar-refractivity contribution in [3.05, 3.63) is 36.5 Å². The Hall–Kier alpha value is -1.28. The molecular weight excluding hydrogens is 695 g/mol. The number of quaternary nitrogens is 1. The molecule has 0 aromatic heterocycles. The average molecular weight is 783 g/mol. The van der Waals surface area contributed by atoms with Crippen molar-refractivity contribution in [2.45, 2.75) is 206 Å². The van der Waals surface area contributed by atoms with Gasteiger partial charge >= 0.3 is 0 Å². The predicted octanol–water partition coefficient (Wildman–Crippen LogP) is 11.7. The number of hydrogen-bond donors (Lipinski definition) is 2. The molecule has 8 nitrogen and oxygen atoms in total. The Balaban J connectivity index is 4.39. The molecule has 9 heteroatoms. The molecule has 0 aliphatic carbocycles. The van der Waals surface area contributed by atoms with E-state index in [9.17, 15) is 19.4 Å². The fourth-order valence-corrected chi connectivity index (χ4v) is 7.07. The van der Waals surface area contributed by atoms with Gasteiger partial charge in [0.05, 0.1) is 39.9 Å². The highest BCUT2D eigenvalue weighted by atomic mass is 31.2. The summed E-state index contributed by atoms with van der Waals surface area (Å²) < 4.78 is 23.3. The van der Waals surface area contributed by atoms with Crippen molar-refractivity contribution in [1.82, 2.24) is 5.32 Å². The zero-order valence-electron chi connectivity index (χ0n) is 35.9. The van der Waals surface area contributed by atoms with Crippen LogP contribution in [-0.4, -0.2) is 68.5 Å². The van der Waals surface area contributed by atoms with Gasteiger partial charge in [-0.2, -0.15) is 0 Å². The summed E-state index contributed by atoms with van der Waals surface area (Å²) in [6.07, 6.45) is 44.3. The lowest BCUT2D eigenvalue weighted by atomic mass is 10.0. The van der Waals surface area contributed by atoms with Crippen LogP contribution in [0.4, 0.5) is 0 Å². The number of phosphoric acid groups is 1.